The van der Waals surface area contributed by atoms with E-state index in [1.54, 1.807) is 13.8 Å². The molecule has 2 N–H and O–H groups in total. The maximum Gasteiger partial charge on any atom is 0.337 e. The van der Waals surface area contributed by atoms with Crippen molar-refractivity contribution in [2.24, 2.45) is 5.92 Å². The molecule has 1 unspecified atom stereocenters. The van der Waals surface area contributed by atoms with Crippen LogP contribution >= 0.6 is 11.6 Å². The monoisotopic (exact) mass is 345 g/mol. The van der Waals surface area contributed by atoms with E-state index in [-0.39, 0.29) is 22.8 Å². The van der Waals surface area contributed by atoms with E-state index >= 15 is 0 Å². The van der Waals surface area contributed by atoms with Crippen molar-refractivity contribution in [1.29, 1.82) is 0 Å². The second kappa shape index (κ2) is 5.55. The predicted octanol–water partition coefficient (Wildman–Crippen LogP) is 2.19. The number of carbonyl (C=O) groups is 2. The number of halogens is 1. The summed E-state index contributed by atoms with van der Waals surface area (Å²) in [4.78, 5) is 23.2. The number of carboxylic acid groups (broad SMARTS) is 1. The zero-order valence-corrected chi connectivity index (χ0v) is 13.7. The Hall–Kier alpha value is -1.60. The van der Waals surface area contributed by atoms with Crippen LogP contribution < -0.4 is 5.32 Å². The summed E-state index contributed by atoms with van der Waals surface area (Å²) >= 11 is 5.84. The lowest BCUT2D eigenvalue weighted by Gasteiger charge is -2.24. The third kappa shape index (κ3) is 2.83. The highest BCUT2D eigenvalue weighted by Crippen LogP contribution is 2.38. The highest BCUT2D eigenvalue weighted by Gasteiger charge is 2.50. The van der Waals surface area contributed by atoms with Gasteiger partial charge in [0.25, 0.3) is 0 Å². The number of aromatic carboxylic acids is 1. The lowest BCUT2D eigenvalue weighted by molar-refractivity contribution is -0.120. The Morgan fingerprint density at radius 2 is 2.00 bits per heavy atom. The van der Waals surface area contributed by atoms with Crippen LogP contribution in [0.25, 0.3) is 0 Å². The fraction of sp³-hybridized carbons (Fsp3) is 0.429. The molecule has 1 aromatic rings. The fourth-order valence-electron chi connectivity index (χ4n) is 2.54. The maximum atomic E-state index is 12.3. The van der Waals surface area contributed by atoms with Crippen LogP contribution in [0.15, 0.2) is 18.2 Å². The van der Waals surface area contributed by atoms with Crippen LogP contribution in [0, 0.1) is 5.92 Å². The lowest BCUT2D eigenvalue weighted by atomic mass is 9.92. The number of anilines is 1. The summed E-state index contributed by atoms with van der Waals surface area (Å²) in [5.74, 6) is -2.25. The normalized spacial score (nSPS) is 22.2. The van der Waals surface area contributed by atoms with Crippen LogP contribution in [0.2, 0.25) is 5.02 Å². The van der Waals surface area contributed by atoms with Crippen molar-refractivity contribution < 1.29 is 23.1 Å². The molecule has 0 radical (unpaired) electrons. The molecule has 22 heavy (non-hydrogen) atoms. The Kier molecular flexibility index (Phi) is 4.23. The third-order valence-electron chi connectivity index (χ3n) is 4.10. The van der Waals surface area contributed by atoms with Gasteiger partial charge in [-0.3, -0.25) is 4.79 Å². The summed E-state index contributed by atoms with van der Waals surface area (Å²) in [5, 5.41) is 11.5. The van der Waals surface area contributed by atoms with E-state index in [9.17, 15) is 18.0 Å². The van der Waals surface area contributed by atoms with E-state index in [1.807, 2.05) is 0 Å². The molecule has 1 fully saturated rings. The van der Waals surface area contributed by atoms with Crippen LogP contribution in [-0.2, 0) is 14.6 Å². The lowest BCUT2D eigenvalue weighted by Crippen LogP contribution is -2.40. The first-order chi connectivity index (χ1) is 10.1. The third-order valence-corrected chi connectivity index (χ3v) is 7.07. The summed E-state index contributed by atoms with van der Waals surface area (Å²) in [5.41, 5.74) is 0.267. The van der Waals surface area contributed by atoms with Crippen LogP contribution in [-0.4, -0.2) is 35.9 Å². The quantitative estimate of drug-likeness (QED) is 0.874. The zero-order valence-electron chi connectivity index (χ0n) is 12.1. The second-order valence-corrected chi connectivity index (χ2v) is 8.85. The van der Waals surface area contributed by atoms with Gasteiger partial charge in [0.05, 0.1) is 27.0 Å². The smallest absolute Gasteiger partial charge is 0.337 e. The summed E-state index contributed by atoms with van der Waals surface area (Å²) in [6.07, 6.45) is 0.266. The predicted molar refractivity (Wildman–Crippen MR) is 83.0 cm³/mol. The van der Waals surface area contributed by atoms with E-state index in [0.717, 1.165) is 0 Å². The van der Waals surface area contributed by atoms with Gasteiger partial charge in [-0.2, -0.15) is 0 Å². The number of nitrogens with one attached hydrogen (secondary N) is 1. The molecular weight excluding hydrogens is 330 g/mol. The Morgan fingerprint density at radius 1 is 1.36 bits per heavy atom. The van der Waals surface area contributed by atoms with E-state index in [2.05, 4.69) is 5.32 Å². The first-order valence-electron chi connectivity index (χ1n) is 6.62. The van der Waals surface area contributed by atoms with Crippen LogP contribution in [0.4, 0.5) is 5.69 Å². The molecule has 1 aliphatic rings. The molecule has 1 atom stereocenters. The molecule has 8 heteroatoms. The number of rotatable bonds is 3. The average molecular weight is 346 g/mol. The van der Waals surface area contributed by atoms with Crippen molar-refractivity contribution in [3.8, 4) is 0 Å². The van der Waals surface area contributed by atoms with E-state index < -0.39 is 32.4 Å². The van der Waals surface area contributed by atoms with Crippen molar-refractivity contribution in [3.63, 3.8) is 0 Å². The van der Waals surface area contributed by atoms with E-state index in [0.29, 0.717) is 5.69 Å². The Labute approximate surface area is 133 Å². The number of carboxylic acids is 1. The summed E-state index contributed by atoms with van der Waals surface area (Å²) < 4.78 is 22.8. The van der Waals surface area contributed by atoms with Gasteiger partial charge >= 0.3 is 5.97 Å². The average Bonchev–Trinajstić information content (AvgIpc) is 2.58. The molecule has 1 amide bonds. The molecule has 0 aromatic heterocycles. The van der Waals surface area contributed by atoms with Gasteiger partial charge < -0.3 is 10.4 Å². The highest BCUT2D eigenvalue weighted by atomic mass is 35.5. The van der Waals surface area contributed by atoms with Gasteiger partial charge in [-0.15, -0.1) is 0 Å². The van der Waals surface area contributed by atoms with Crippen LogP contribution in [0.3, 0.4) is 0 Å². The topological polar surface area (TPSA) is 101 Å². The molecule has 0 saturated carbocycles. The van der Waals surface area contributed by atoms with Crippen molar-refractivity contribution in [2.45, 2.75) is 25.0 Å². The Balaban J connectivity index is 2.20. The molecule has 0 aliphatic carbocycles. The van der Waals surface area contributed by atoms with Crippen molar-refractivity contribution in [1.82, 2.24) is 0 Å². The first-order valence-corrected chi connectivity index (χ1v) is 8.65. The highest BCUT2D eigenvalue weighted by molar-refractivity contribution is 7.93. The molecule has 2 rings (SSSR count). The largest absolute Gasteiger partial charge is 0.478 e. The first kappa shape index (κ1) is 16.8. The van der Waals surface area contributed by atoms with Crippen molar-refractivity contribution in [2.75, 3.05) is 11.1 Å². The number of hydrogen-bond donors (Lipinski definition) is 2. The number of carbonyl (C=O) groups excluding carboxylic acids is 1. The Bertz CT molecular complexity index is 742. The summed E-state index contributed by atoms with van der Waals surface area (Å²) in [6.45, 7) is 3.08. The SMILES string of the molecule is CC1(C)C(C(=O)Nc2ccc(C(=O)O)c(Cl)c2)CCS1(=O)=O. The van der Waals surface area contributed by atoms with Gasteiger partial charge in [-0.05, 0) is 38.5 Å². The minimum absolute atomic E-state index is 0.00334. The molecule has 6 nitrogen and oxygen atoms in total. The molecule has 1 saturated heterocycles. The van der Waals surface area contributed by atoms with Gasteiger partial charge in [-0.1, -0.05) is 11.6 Å². The molecular formula is C14H16ClNO5S. The number of amides is 1. The maximum absolute atomic E-state index is 12.3. The van der Waals surface area contributed by atoms with Gasteiger partial charge in [0.15, 0.2) is 9.84 Å². The van der Waals surface area contributed by atoms with Crippen LogP contribution in [0.5, 0.6) is 0 Å². The molecule has 1 aliphatic heterocycles. The molecule has 120 valence electrons. The number of benzene rings is 1. The number of hydrogen-bond acceptors (Lipinski definition) is 4. The number of sulfone groups is 1. The van der Waals surface area contributed by atoms with Gasteiger partial charge in [-0.25, -0.2) is 13.2 Å². The van der Waals surface area contributed by atoms with Gasteiger partial charge in [0, 0.05) is 5.69 Å². The standard InChI is InChI=1S/C14H16ClNO5S/c1-14(2)10(5-6-22(14,20)21)12(17)16-8-3-4-9(13(18)19)11(15)7-8/h3-4,7,10H,5-6H2,1-2H3,(H,16,17)(H,18,19). The van der Waals surface area contributed by atoms with Crippen LogP contribution in [0.1, 0.15) is 30.6 Å². The molecule has 1 heterocycles. The van der Waals surface area contributed by atoms with Crippen molar-refractivity contribution in [3.05, 3.63) is 28.8 Å². The second-order valence-electron chi connectivity index (χ2n) is 5.75. The Morgan fingerprint density at radius 3 is 2.45 bits per heavy atom. The minimum Gasteiger partial charge on any atom is -0.478 e. The minimum atomic E-state index is -3.30. The van der Waals surface area contributed by atoms with Gasteiger partial charge in [0.2, 0.25) is 5.91 Å². The van der Waals surface area contributed by atoms with E-state index in [4.69, 9.17) is 16.7 Å². The molecule has 1 aromatic carbocycles. The van der Waals surface area contributed by atoms with Crippen molar-refractivity contribution >= 4 is 39.0 Å². The molecule has 0 spiro atoms. The summed E-state index contributed by atoms with van der Waals surface area (Å²) in [7, 11) is -3.30. The molecule has 0 bridgehead atoms. The fourth-order valence-corrected chi connectivity index (χ4v) is 4.53. The summed E-state index contributed by atoms with van der Waals surface area (Å²) in [6, 6.07) is 4.04. The zero-order chi connectivity index (χ0) is 16.7. The van der Waals surface area contributed by atoms with E-state index in [1.165, 1.54) is 18.2 Å². The van der Waals surface area contributed by atoms with Gasteiger partial charge in [0.1, 0.15) is 0 Å².